The van der Waals surface area contributed by atoms with E-state index < -0.39 is 5.41 Å². The van der Waals surface area contributed by atoms with Crippen LogP contribution in [0.3, 0.4) is 0 Å². The van der Waals surface area contributed by atoms with E-state index in [4.69, 9.17) is 9.47 Å². The lowest BCUT2D eigenvalue weighted by molar-refractivity contribution is -0.118. The summed E-state index contributed by atoms with van der Waals surface area (Å²) in [5.74, 6) is 1.51. The summed E-state index contributed by atoms with van der Waals surface area (Å²) < 4.78 is 11.4. The minimum Gasteiger partial charge on any atom is -0.486 e. The fourth-order valence-corrected chi connectivity index (χ4v) is 4.60. The lowest BCUT2D eigenvalue weighted by atomic mass is 9.94. The SMILES string of the molecule is Cc1ccc(NC(=O)C2(c3ccc4c(c3)OCCO4)CC2)cc1-c1ccc2[nH]ccc2c1. The number of carbonyl (C=O) groups is 1. The van der Waals surface area contributed by atoms with Gasteiger partial charge < -0.3 is 19.8 Å². The van der Waals surface area contributed by atoms with Gasteiger partial charge in [0, 0.05) is 17.4 Å². The average molecular weight is 425 g/mol. The number of rotatable bonds is 4. The number of anilines is 1. The molecule has 6 rings (SSSR count). The minimum atomic E-state index is -0.495. The fraction of sp³-hybridized carbons (Fsp3) is 0.222. The van der Waals surface area contributed by atoms with Gasteiger partial charge in [-0.2, -0.15) is 0 Å². The molecule has 2 aliphatic rings. The minimum absolute atomic E-state index is 0.0325. The van der Waals surface area contributed by atoms with Crippen molar-refractivity contribution in [3.05, 3.63) is 78.0 Å². The Balaban J connectivity index is 1.28. The van der Waals surface area contributed by atoms with Crippen LogP contribution in [0, 0.1) is 6.92 Å². The predicted molar refractivity (Wildman–Crippen MR) is 125 cm³/mol. The van der Waals surface area contributed by atoms with Crippen molar-refractivity contribution in [3.8, 4) is 22.6 Å². The van der Waals surface area contributed by atoms with Gasteiger partial charge in [-0.25, -0.2) is 0 Å². The Hall–Kier alpha value is -3.73. The van der Waals surface area contributed by atoms with Crippen LogP contribution in [0.1, 0.15) is 24.0 Å². The van der Waals surface area contributed by atoms with Gasteiger partial charge in [0.25, 0.3) is 0 Å². The van der Waals surface area contributed by atoms with Crippen LogP contribution in [0.2, 0.25) is 0 Å². The van der Waals surface area contributed by atoms with Crippen LogP contribution in [0.4, 0.5) is 5.69 Å². The molecule has 5 heteroatoms. The first-order valence-electron chi connectivity index (χ1n) is 11.0. The molecule has 1 aliphatic carbocycles. The summed E-state index contributed by atoms with van der Waals surface area (Å²) in [6.07, 6.45) is 3.62. The van der Waals surface area contributed by atoms with Crippen LogP contribution in [0.5, 0.6) is 11.5 Å². The molecule has 0 bridgehead atoms. The maximum absolute atomic E-state index is 13.4. The van der Waals surface area contributed by atoms with Crippen LogP contribution in [0.15, 0.2) is 66.9 Å². The van der Waals surface area contributed by atoms with Crippen molar-refractivity contribution in [2.75, 3.05) is 18.5 Å². The van der Waals surface area contributed by atoms with Crippen LogP contribution < -0.4 is 14.8 Å². The van der Waals surface area contributed by atoms with Gasteiger partial charge in [0.2, 0.25) is 5.91 Å². The molecule has 1 saturated carbocycles. The van der Waals surface area contributed by atoms with E-state index in [9.17, 15) is 4.79 Å². The molecule has 1 fully saturated rings. The Kier molecular flexibility index (Phi) is 4.25. The van der Waals surface area contributed by atoms with Crippen molar-refractivity contribution in [3.63, 3.8) is 0 Å². The second kappa shape index (κ2) is 7.16. The van der Waals surface area contributed by atoms with E-state index in [2.05, 4.69) is 53.6 Å². The van der Waals surface area contributed by atoms with Crippen LogP contribution in [0.25, 0.3) is 22.0 Å². The second-order valence-corrected chi connectivity index (χ2v) is 8.70. The van der Waals surface area contributed by atoms with Gasteiger partial charge in [-0.15, -0.1) is 0 Å². The van der Waals surface area contributed by atoms with E-state index in [1.807, 2.05) is 30.5 Å². The van der Waals surface area contributed by atoms with Crippen molar-refractivity contribution in [2.24, 2.45) is 0 Å². The first-order chi connectivity index (χ1) is 15.6. The van der Waals surface area contributed by atoms with E-state index in [1.165, 1.54) is 10.9 Å². The Morgan fingerprint density at radius 1 is 0.938 bits per heavy atom. The Morgan fingerprint density at radius 3 is 2.62 bits per heavy atom. The topological polar surface area (TPSA) is 63.4 Å². The molecule has 0 atom stereocenters. The summed E-state index contributed by atoms with van der Waals surface area (Å²) in [7, 11) is 0. The molecular formula is C27H24N2O3. The van der Waals surface area contributed by atoms with Gasteiger partial charge in [0.1, 0.15) is 13.2 Å². The molecule has 1 aliphatic heterocycles. The molecule has 2 N–H and O–H groups in total. The summed E-state index contributed by atoms with van der Waals surface area (Å²) in [6, 6.07) is 20.4. The number of benzene rings is 3. The number of aromatic nitrogens is 1. The number of hydrogen-bond acceptors (Lipinski definition) is 3. The number of aryl methyl sites for hydroxylation is 1. The quantitative estimate of drug-likeness (QED) is 0.449. The Bertz CT molecular complexity index is 1350. The first kappa shape index (κ1) is 19.0. The molecule has 0 unspecified atom stereocenters. The monoisotopic (exact) mass is 424 g/mol. The number of aromatic amines is 1. The number of ether oxygens (including phenoxy) is 2. The van der Waals surface area contributed by atoms with Crippen molar-refractivity contribution < 1.29 is 14.3 Å². The van der Waals surface area contributed by atoms with Crippen molar-refractivity contribution >= 4 is 22.5 Å². The van der Waals surface area contributed by atoms with E-state index >= 15 is 0 Å². The standard InChI is InChI=1S/C27H24N2O3/c1-17-2-5-21(16-22(17)18-3-6-23-19(14-18)8-11-28-23)29-26(30)27(9-10-27)20-4-7-24-25(15-20)32-13-12-31-24/h2-8,11,14-16,28H,9-10,12-13H2,1H3,(H,29,30). The Labute approximate surface area is 186 Å². The van der Waals surface area contributed by atoms with E-state index in [0.29, 0.717) is 13.2 Å². The predicted octanol–water partition coefficient (Wildman–Crippen LogP) is 5.58. The van der Waals surface area contributed by atoms with E-state index in [1.54, 1.807) is 0 Å². The largest absolute Gasteiger partial charge is 0.486 e. The third-order valence-corrected chi connectivity index (χ3v) is 6.64. The molecule has 0 saturated heterocycles. The van der Waals surface area contributed by atoms with E-state index in [-0.39, 0.29) is 5.91 Å². The van der Waals surface area contributed by atoms with Crippen molar-refractivity contribution in [1.82, 2.24) is 4.98 Å². The van der Waals surface area contributed by atoms with Crippen LogP contribution >= 0.6 is 0 Å². The molecule has 5 nitrogen and oxygen atoms in total. The van der Waals surface area contributed by atoms with Gasteiger partial charge in [-0.3, -0.25) is 4.79 Å². The highest BCUT2D eigenvalue weighted by atomic mass is 16.6. The van der Waals surface area contributed by atoms with Gasteiger partial charge in [0.05, 0.1) is 5.41 Å². The smallest absolute Gasteiger partial charge is 0.235 e. The molecule has 1 aromatic heterocycles. The zero-order valence-electron chi connectivity index (χ0n) is 17.9. The number of H-pyrrole nitrogens is 1. The third kappa shape index (κ3) is 3.12. The molecule has 3 aromatic carbocycles. The van der Waals surface area contributed by atoms with Crippen molar-refractivity contribution in [2.45, 2.75) is 25.2 Å². The summed E-state index contributed by atoms with van der Waals surface area (Å²) in [5, 5.41) is 4.35. The Morgan fingerprint density at radius 2 is 1.78 bits per heavy atom. The molecule has 0 spiro atoms. The summed E-state index contributed by atoms with van der Waals surface area (Å²) >= 11 is 0. The highest BCUT2D eigenvalue weighted by Gasteiger charge is 2.51. The average Bonchev–Trinajstić information content (AvgIpc) is 3.51. The highest BCUT2D eigenvalue weighted by molar-refractivity contribution is 6.02. The molecular weight excluding hydrogens is 400 g/mol. The molecule has 1 amide bonds. The zero-order chi connectivity index (χ0) is 21.7. The van der Waals surface area contributed by atoms with E-state index in [0.717, 1.165) is 52.2 Å². The molecule has 2 heterocycles. The second-order valence-electron chi connectivity index (χ2n) is 8.70. The molecule has 0 radical (unpaired) electrons. The lowest BCUT2D eigenvalue weighted by Gasteiger charge is -2.22. The maximum Gasteiger partial charge on any atom is 0.235 e. The van der Waals surface area contributed by atoms with Gasteiger partial charge in [0.15, 0.2) is 11.5 Å². The highest BCUT2D eigenvalue weighted by Crippen LogP contribution is 2.51. The number of carbonyl (C=O) groups excluding carboxylic acids is 1. The zero-order valence-corrected chi connectivity index (χ0v) is 17.9. The number of fused-ring (bicyclic) bond motifs is 2. The van der Waals surface area contributed by atoms with Gasteiger partial charge in [-0.05, 0) is 89.9 Å². The molecule has 4 aromatic rings. The van der Waals surface area contributed by atoms with Crippen LogP contribution in [-0.4, -0.2) is 24.1 Å². The number of hydrogen-bond donors (Lipinski definition) is 2. The molecule has 160 valence electrons. The fourth-order valence-electron chi connectivity index (χ4n) is 4.60. The summed E-state index contributed by atoms with van der Waals surface area (Å²) in [4.78, 5) is 16.6. The number of nitrogens with one attached hydrogen (secondary N) is 2. The number of amides is 1. The maximum atomic E-state index is 13.4. The summed E-state index contributed by atoms with van der Waals surface area (Å²) in [6.45, 7) is 3.20. The first-order valence-corrected chi connectivity index (χ1v) is 11.0. The third-order valence-electron chi connectivity index (χ3n) is 6.64. The van der Waals surface area contributed by atoms with Crippen molar-refractivity contribution in [1.29, 1.82) is 0 Å². The van der Waals surface area contributed by atoms with Crippen LogP contribution in [-0.2, 0) is 10.2 Å². The lowest BCUT2D eigenvalue weighted by Crippen LogP contribution is -2.28. The normalized spacial score (nSPS) is 16.0. The van der Waals surface area contributed by atoms with Gasteiger partial charge >= 0.3 is 0 Å². The summed E-state index contributed by atoms with van der Waals surface area (Å²) in [5.41, 5.74) is 5.86. The van der Waals surface area contributed by atoms with Gasteiger partial charge in [-0.1, -0.05) is 18.2 Å². The molecule has 32 heavy (non-hydrogen) atoms.